The maximum Gasteiger partial charge on any atom is 0.143 e. The van der Waals surface area contributed by atoms with E-state index in [0.29, 0.717) is 23.7 Å². The third-order valence-electron chi connectivity index (χ3n) is 3.32. The van der Waals surface area contributed by atoms with Crippen LogP contribution in [-0.2, 0) is 6.61 Å². The number of rotatable bonds is 5. The topological polar surface area (TPSA) is 74.4 Å². The molecular weight excluding hydrogens is 304 g/mol. The Hall–Kier alpha value is -3.34. The van der Waals surface area contributed by atoms with E-state index in [1.807, 2.05) is 30.3 Å². The average molecular weight is 320 g/mol. The molecule has 3 aromatic carbocycles. The summed E-state index contributed by atoms with van der Waals surface area (Å²) in [7, 11) is 0. The molecule has 0 aliphatic heterocycles. The number of hydrogen-bond donors (Lipinski definition) is 2. The van der Waals surface area contributed by atoms with Gasteiger partial charge in [-0.05, 0) is 42.0 Å². The molecule has 0 radical (unpaired) electrons. The van der Waals surface area contributed by atoms with Crippen LogP contribution in [0.25, 0.3) is 0 Å². The molecule has 0 spiro atoms. The van der Waals surface area contributed by atoms with Crippen LogP contribution in [0.2, 0.25) is 0 Å². The summed E-state index contributed by atoms with van der Waals surface area (Å²) in [4.78, 5) is 0. The van der Waals surface area contributed by atoms with Crippen molar-refractivity contribution >= 4 is 11.4 Å². The van der Waals surface area contributed by atoms with Crippen molar-refractivity contribution in [3.05, 3.63) is 78.4 Å². The number of azo groups is 1. The Kier molecular flexibility index (Phi) is 4.72. The Morgan fingerprint density at radius 2 is 1.54 bits per heavy atom. The largest absolute Gasteiger partial charge is 0.508 e. The number of phenols is 2. The smallest absolute Gasteiger partial charge is 0.143 e. The summed E-state index contributed by atoms with van der Waals surface area (Å²) in [5.74, 6) is 0.772. The summed E-state index contributed by atoms with van der Waals surface area (Å²) in [6, 6.07) is 20.9. The molecule has 0 aliphatic rings. The van der Waals surface area contributed by atoms with Crippen molar-refractivity contribution in [1.82, 2.24) is 0 Å². The van der Waals surface area contributed by atoms with Gasteiger partial charge in [0.25, 0.3) is 0 Å². The van der Waals surface area contributed by atoms with Crippen molar-refractivity contribution in [3.63, 3.8) is 0 Å². The van der Waals surface area contributed by atoms with Gasteiger partial charge in [0.15, 0.2) is 0 Å². The van der Waals surface area contributed by atoms with Crippen molar-refractivity contribution in [1.29, 1.82) is 0 Å². The zero-order valence-corrected chi connectivity index (χ0v) is 12.8. The fourth-order valence-corrected chi connectivity index (χ4v) is 2.04. The van der Waals surface area contributed by atoms with Crippen LogP contribution in [0.4, 0.5) is 11.4 Å². The lowest BCUT2D eigenvalue weighted by molar-refractivity contribution is 0.306. The normalized spacial score (nSPS) is 10.8. The van der Waals surface area contributed by atoms with Gasteiger partial charge in [0.05, 0.1) is 5.69 Å². The molecule has 120 valence electrons. The molecule has 3 rings (SSSR count). The van der Waals surface area contributed by atoms with E-state index in [1.165, 1.54) is 18.2 Å². The van der Waals surface area contributed by atoms with Crippen molar-refractivity contribution < 1.29 is 14.9 Å². The van der Waals surface area contributed by atoms with Crippen molar-refractivity contribution in [2.24, 2.45) is 10.2 Å². The monoisotopic (exact) mass is 320 g/mol. The summed E-state index contributed by atoms with van der Waals surface area (Å²) in [5, 5.41) is 27.2. The van der Waals surface area contributed by atoms with E-state index in [4.69, 9.17) is 4.74 Å². The van der Waals surface area contributed by atoms with E-state index in [-0.39, 0.29) is 11.5 Å². The predicted molar refractivity (Wildman–Crippen MR) is 91.2 cm³/mol. The van der Waals surface area contributed by atoms with E-state index >= 15 is 0 Å². The average Bonchev–Trinajstić information content (AvgIpc) is 2.62. The van der Waals surface area contributed by atoms with Gasteiger partial charge in [-0.3, -0.25) is 0 Å². The highest BCUT2D eigenvalue weighted by Gasteiger charge is 2.04. The Morgan fingerprint density at radius 3 is 2.29 bits per heavy atom. The third kappa shape index (κ3) is 4.10. The van der Waals surface area contributed by atoms with Gasteiger partial charge in [0, 0.05) is 6.07 Å². The summed E-state index contributed by atoms with van der Waals surface area (Å²) in [6.07, 6.45) is 0. The van der Waals surface area contributed by atoms with Gasteiger partial charge in [0.1, 0.15) is 29.5 Å². The number of benzene rings is 3. The first-order valence-electron chi connectivity index (χ1n) is 7.41. The minimum Gasteiger partial charge on any atom is -0.508 e. The second-order valence-corrected chi connectivity index (χ2v) is 5.14. The van der Waals surface area contributed by atoms with Gasteiger partial charge < -0.3 is 14.9 Å². The van der Waals surface area contributed by atoms with Crippen molar-refractivity contribution in [2.45, 2.75) is 6.61 Å². The van der Waals surface area contributed by atoms with Crippen LogP contribution in [0.3, 0.4) is 0 Å². The fourth-order valence-electron chi connectivity index (χ4n) is 2.04. The maximum atomic E-state index is 9.89. The van der Waals surface area contributed by atoms with Crippen LogP contribution in [-0.4, -0.2) is 10.2 Å². The molecule has 0 unspecified atom stereocenters. The Balaban J connectivity index is 1.72. The minimum atomic E-state index is 0.0181. The van der Waals surface area contributed by atoms with E-state index in [1.54, 1.807) is 24.3 Å². The van der Waals surface area contributed by atoms with Gasteiger partial charge in [-0.15, -0.1) is 5.11 Å². The Bertz CT molecular complexity index is 831. The summed E-state index contributed by atoms with van der Waals surface area (Å²) < 4.78 is 5.71. The number of phenolic OH excluding ortho intramolecular Hbond substituents is 2. The van der Waals surface area contributed by atoms with Gasteiger partial charge in [0.2, 0.25) is 0 Å². The maximum absolute atomic E-state index is 9.89. The highest BCUT2D eigenvalue weighted by atomic mass is 16.5. The van der Waals surface area contributed by atoms with Gasteiger partial charge >= 0.3 is 0 Å². The molecule has 0 fully saturated rings. The molecule has 0 bridgehead atoms. The molecule has 0 saturated heterocycles. The van der Waals surface area contributed by atoms with Crippen LogP contribution < -0.4 is 4.74 Å². The molecule has 2 N–H and O–H groups in total. The minimum absolute atomic E-state index is 0.0181. The SMILES string of the molecule is Oc1ccc(N=Nc2cc(OCc3ccccc3)ccc2O)cc1. The molecule has 0 saturated carbocycles. The molecule has 5 nitrogen and oxygen atoms in total. The lowest BCUT2D eigenvalue weighted by Gasteiger charge is -2.07. The van der Waals surface area contributed by atoms with Crippen molar-refractivity contribution in [2.75, 3.05) is 0 Å². The highest BCUT2D eigenvalue weighted by molar-refractivity contribution is 5.55. The highest BCUT2D eigenvalue weighted by Crippen LogP contribution is 2.32. The van der Waals surface area contributed by atoms with E-state index in [2.05, 4.69) is 10.2 Å². The second kappa shape index (κ2) is 7.28. The fraction of sp³-hybridized carbons (Fsp3) is 0.0526. The summed E-state index contributed by atoms with van der Waals surface area (Å²) in [5.41, 5.74) is 1.94. The Labute approximate surface area is 139 Å². The zero-order valence-electron chi connectivity index (χ0n) is 12.8. The van der Waals surface area contributed by atoms with E-state index in [9.17, 15) is 10.2 Å². The molecule has 0 aliphatic carbocycles. The summed E-state index contributed by atoms with van der Waals surface area (Å²) in [6.45, 7) is 0.431. The standard InChI is InChI=1S/C19H16N2O3/c22-16-8-6-15(7-9-16)20-21-18-12-17(10-11-19(18)23)24-13-14-4-2-1-3-5-14/h1-12,22-23H,13H2. The molecule has 0 amide bonds. The first-order valence-corrected chi connectivity index (χ1v) is 7.41. The number of ether oxygens (including phenoxy) is 1. The first kappa shape index (κ1) is 15.6. The van der Waals surface area contributed by atoms with Crippen molar-refractivity contribution in [3.8, 4) is 17.2 Å². The number of hydrogen-bond acceptors (Lipinski definition) is 5. The molecule has 3 aromatic rings. The molecule has 0 heterocycles. The van der Waals surface area contributed by atoms with Crippen LogP contribution in [0.15, 0.2) is 83.0 Å². The van der Waals surface area contributed by atoms with E-state index < -0.39 is 0 Å². The zero-order chi connectivity index (χ0) is 16.8. The molecular formula is C19H16N2O3. The van der Waals surface area contributed by atoms with Gasteiger partial charge in [-0.2, -0.15) is 5.11 Å². The third-order valence-corrected chi connectivity index (χ3v) is 3.32. The predicted octanol–water partition coefficient (Wildman–Crippen LogP) is 5.09. The van der Waals surface area contributed by atoms with Gasteiger partial charge in [-0.1, -0.05) is 30.3 Å². The molecule has 0 atom stereocenters. The first-order chi connectivity index (χ1) is 11.7. The number of aromatic hydroxyl groups is 2. The quantitative estimate of drug-likeness (QED) is 0.643. The Morgan fingerprint density at radius 1 is 0.792 bits per heavy atom. The van der Waals surface area contributed by atoms with Crippen LogP contribution >= 0.6 is 0 Å². The molecule has 24 heavy (non-hydrogen) atoms. The second-order valence-electron chi connectivity index (χ2n) is 5.14. The molecule has 5 heteroatoms. The van der Waals surface area contributed by atoms with Crippen LogP contribution in [0, 0.1) is 0 Å². The van der Waals surface area contributed by atoms with Crippen LogP contribution in [0.5, 0.6) is 17.2 Å². The molecule has 0 aromatic heterocycles. The lowest BCUT2D eigenvalue weighted by Crippen LogP contribution is -1.94. The van der Waals surface area contributed by atoms with E-state index in [0.717, 1.165) is 5.56 Å². The number of nitrogens with zero attached hydrogens (tertiary/aromatic N) is 2. The van der Waals surface area contributed by atoms with Gasteiger partial charge in [-0.25, -0.2) is 0 Å². The summed E-state index contributed by atoms with van der Waals surface area (Å²) >= 11 is 0. The van der Waals surface area contributed by atoms with Crippen LogP contribution in [0.1, 0.15) is 5.56 Å². The lowest BCUT2D eigenvalue weighted by atomic mass is 10.2.